The second kappa shape index (κ2) is 7.02. The van der Waals surface area contributed by atoms with Gasteiger partial charge < -0.3 is 15.2 Å². The minimum absolute atomic E-state index is 0.00517. The average Bonchev–Trinajstić information content (AvgIpc) is 3.01. The van der Waals surface area contributed by atoms with Crippen molar-refractivity contribution in [2.75, 3.05) is 18.0 Å². The summed E-state index contributed by atoms with van der Waals surface area (Å²) in [6.07, 6.45) is 1.84. The van der Waals surface area contributed by atoms with Crippen molar-refractivity contribution < 1.29 is 0 Å². The van der Waals surface area contributed by atoms with Gasteiger partial charge in [-0.15, -0.1) is 0 Å². The number of anilines is 1. The standard InChI is InChI=1S/C20H22N6O2/c1-24-16-15(10-21)19(25-9-5-8-14(22)12-25)26(11-13-6-3-2-4-7-13)17(16)18(27)23-20(24)28/h2-4,6-7,14H,5,8-9,11-12,22H2,1H3,(H,23,27,28)/t14-/m0/s1. The molecule has 0 amide bonds. The summed E-state index contributed by atoms with van der Waals surface area (Å²) in [7, 11) is 1.57. The summed E-state index contributed by atoms with van der Waals surface area (Å²) in [5, 5.41) is 9.95. The van der Waals surface area contributed by atoms with Gasteiger partial charge in [-0.05, 0) is 18.4 Å². The van der Waals surface area contributed by atoms with E-state index in [9.17, 15) is 14.9 Å². The smallest absolute Gasteiger partial charge is 0.328 e. The average molecular weight is 378 g/mol. The SMILES string of the molecule is Cn1c(=O)[nH]c(=O)c2c1c(C#N)c(N1CCC[C@H](N)C1)n2Cc1ccccc1. The Labute approximate surface area is 161 Å². The Balaban J connectivity index is 2.05. The molecule has 1 atom stereocenters. The Kier molecular flexibility index (Phi) is 4.53. The van der Waals surface area contributed by atoms with Gasteiger partial charge in [0.05, 0.1) is 5.52 Å². The molecule has 3 aromatic rings. The van der Waals surface area contributed by atoms with Crippen LogP contribution in [-0.2, 0) is 13.6 Å². The first-order valence-electron chi connectivity index (χ1n) is 9.31. The number of nitrogens with zero attached hydrogens (tertiary/aromatic N) is 4. The summed E-state index contributed by atoms with van der Waals surface area (Å²) >= 11 is 0. The van der Waals surface area contributed by atoms with Crippen LogP contribution in [0.4, 0.5) is 5.82 Å². The number of nitrogens with one attached hydrogen (secondary N) is 1. The molecule has 1 aromatic carbocycles. The first kappa shape index (κ1) is 18.1. The Morgan fingerprint density at radius 2 is 2.00 bits per heavy atom. The molecule has 1 aliphatic heterocycles. The summed E-state index contributed by atoms with van der Waals surface area (Å²) < 4.78 is 3.18. The third-order valence-electron chi connectivity index (χ3n) is 5.34. The van der Waals surface area contributed by atoms with Gasteiger partial charge in [0, 0.05) is 32.7 Å². The highest BCUT2D eigenvalue weighted by molar-refractivity contribution is 5.89. The number of hydrogen-bond donors (Lipinski definition) is 2. The largest absolute Gasteiger partial charge is 0.355 e. The molecule has 3 heterocycles. The van der Waals surface area contributed by atoms with Gasteiger partial charge in [0.15, 0.2) is 0 Å². The second-order valence-corrected chi connectivity index (χ2v) is 7.25. The topological polar surface area (TPSA) is 113 Å². The highest BCUT2D eigenvalue weighted by Crippen LogP contribution is 2.32. The van der Waals surface area contributed by atoms with Gasteiger partial charge >= 0.3 is 5.69 Å². The predicted molar refractivity (Wildman–Crippen MR) is 107 cm³/mol. The Hall–Kier alpha value is -3.31. The number of aromatic nitrogens is 3. The number of aryl methyl sites for hydroxylation is 1. The van der Waals surface area contributed by atoms with E-state index < -0.39 is 11.2 Å². The van der Waals surface area contributed by atoms with Crippen molar-refractivity contribution >= 4 is 16.9 Å². The van der Waals surface area contributed by atoms with Crippen LogP contribution in [0.5, 0.6) is 0 Å². The van der Waals surface area contributed by atoms with Crippen molar-refractivity contribution in [2.24, 2.45) is 12.8 Å². The molecular formula is C20H22N6O2. The minimum atomic E-state index is -0.534. The molecule has 0 bridgehead atoms. The number of H-pyrrole nitrogens is 1. The number of nitriles is 1. The van der Waals surface area contributed by atoms with E-state index in [1.165, 1.54) is 4.57 Å². The zero-order valence-corrected chi connectivity index (χ0v) is 15.7. The summed E-state index contributed by atoms with van der Waals surface area (Å²) in [5.74, 6) is 0.656. The van der Waals surface area contributed by atoms with Crippen LogP contribution in [0.15, 0.2) is 39.9 Å². The van der Waals surface area contributed by atoms with Crippen LogP contribution in [0.25, 0.3) is 11.0 Å². The minimum Gasteiger partial charge on any atom is -0.355 e. The summed E-state index contributed by atoms with van der Waals surface area (Å²) in [4.78, 5) is 29.4. The lowest BCUT2D eigenvalue weighted by atomic mass is 10.1. The third kappa shape index (κ3) is 2.90. The maximum Gasteiger partial charge on any atom is 0.328 e. The fraction of sp³-hybridized carbons (Fsp3) is 0.350. The van der Waals surface area contributed by atoms with Crippen molar-refractivity contribution in [3.63, 3.8) is 0 Å². The molecular weight excluding hydrogens is 356 g/mol. The number of rotatable bonds is 3. The van der Waals surface area contributed by atoms with Crippen molar-refractivity contribution in [1.82, 2.24) is 14.1 Å². The third-order valence-corrected chi connectivity index (χ3v) is 5.34. The number of fused-ring (bicyclic) bond motifs is 1. The quantitative estimate of drug-likeness (QED) is 0.702. The Morgan fingerprint density at radius 3 is 2.68 bits per heavy atom. The van der Waals surface area contributed by atoms with Crippen LogP contribution in [0.1, 0.15) is 24.0 Å². The molecule has 0 radical (unpaired) electrons. The predicted octanol–water partition coefficient (Wildman–Crippen LogP) is 0.876. The Morgan fingerprint density at radius 1 is 1.25 bits per heavy atom. The molecule has 28 heavy (non-hydrogen) atoms. The van der Waals surface area contributed by atoms with Crippen LogP contribution in [0.3, 0.4) is 0 Å². The fourth-order valence-corrected chi connectivity index (χ4v) is 4.05. The number of nitrogens with two attached hydrogens (primary N) is 1. The van der Waals surface area contributed by atoms with Gasteiger partial charge in [0.1, 0.15) is 23.0 Å². The van der Waals surface area contributed by atoms with Crippen LogP contribution >= 0.6 is 0 Å². The van der Waals surface area contributed by atoms with E-state index in [-0.39, 0.29) is 6.04 Å². The molecule has 0 aliphatic carbocycles. The molecule has 1 saturated heterocycles. The summed E-state index contributed by atoms with van der Waals surface area (Å²) in [6.45, 7) is 1.77. The van der Waals surface area contributed by atoms with E-state index in [1.54, 1.807) is 7.05 Å². The molecule has 2 aromatic heterocycles. The first-order valence-corrected chi connectivity index (χ1v) is 9.31. The summed E-state index contributed by atoms with van der Waals surface area (Å²) in [6, 6.07) is 12.0. The van der Waals surface area contributed by atoms with Crippen LogP contribution in [0, 0.1) is 11.3 Å². The van der Waals surface area contributed by atoms with Gasteiger partial charge in [-0.25, -0.2) is 4.79 Å². The highest BCUT2D eigenvalue weighted by Gasteiger charge is 2.28. The molecule has 0 saturated carbocycles. The van der Waals surface area contributed by atoms with Gasteiger partial charge in [-0.2, -0.15) is 5.26 Å². The maximum absolute atomic E-state index is 12.7. The molecule has 8 nitrogen and oxygen atoms in total. The van der Waals surface area contributed by atoms with Gasteiger partial charge in [0.2, 0.25) is 0 Å². The number of hydrogen-bond acceptors (Lipinski definition) is 5. The number of aromatic amines is 1. The van der Waals surface area contributed by atoms with E-state index in [1.807, 2.05) is 34.9 Å². The van der Waals surface area contributed by atoms with E-state index in [2.05, 4.69) is 16.0 Å². The van der Waals surface area contributed by atoms with Gasteiger partial charge in [0.25, 0.3) is 5.56 Å². The number of piperidine rings is 1. The zero-order valence-electron chi connectivity index (χ0n) is 15.7. The van der Waals surface area contributed by atoms with Crippen LogP contribution < -0.4 is 21.9 Å². The second-order valence-electron chi connectivity index (χ2n) is 7.25. The molecule has 3 N–H and O–H groups in total. The lowest BCUT2D eigenvalue weighted by molar-refractivity contribution is 0.498. The van der Waals surface area contributed by atoms with Gasteiger partial charge in [-0.3, -0.25) is 14.3 Å². The number of benzene rings is 1. The van der Waals surface area contributed by atoms with Crippen molar-refractivity contribution in [1.29, 1.82) is 5.26 Å². The lowest BCUT2D eigenvalue weighted by Crippen LogP contribution is -2.44. The van der Waals surface area contributed by atoms with Crippen LogP contribution in [0.2, 0.25) is 0 Å². The highest BCUT2D eigenvalue weighted by atomic mass is 16.2. The fourth-order valence-electron chi connectivity index (χ4n) is 4.05. The van der Waals surface area contributed by atoms with Crippen LogP contribution in [-0.4, -0.2) is 33.2 Å². The molecule has 4 rings (SSSR count). The maximum atomic E-state index is 12.7. The normalized spacial score (nSPS) is 17.0. The molecule has 144 valence electrons. The van der Waals surface area contributed by atoms with Crippen molar-refractivity contribution in [3.8, 4) is 6.07 Å². The first-order chi connectivity index (χ1) is 13.5. The molecule has 0 spiro atoms. The van der Waals surface area contributed by atoms with Crippen molar-refractivity contribution in [2.45, 2.75) is 25.4 Å². The molecule has 1 aliphatic rings. The van der Waals surface area contributed by atoms with E-state index in [0.717, 1.165) is 24.9 Å². The van der Waals surface area contributed by atoms with Crippen molar-refractivity contribution in [3.05, 3.63) is 62.3 Å². The lowest BCUT2D eigenvalue weighted by Gasteiger charge is -2.33. The monoisotopic (exact) mass is 378 g/mol. The molecule has 8 heteroatoms. The summed E-state index contributed by atoms with van der Waals surface area (Å²) in [5.41, 5.74) is 7.19. The Bertz CT molecular complexity index is 1180. The van der Waals surface area contributed by atoms with E-state index >= 15 is 0 Å². The van der Waals surface area contributed by atoms with Gasteiger partial charge in [-0.1, -0.05) is 30.3 Å². The molecule has 0 unspecified atom stereocenters. The molecule has 1 fully saturated rings. The zero-order chi connectivity index (χ0) is 19.8. The van der Waals surface area contributed by atoms with E-state index in [4.69, 9.17) is 5.73 Å². The van der Waals surface area contributed by atoms with E-state index in [0.29, 0.717) is 35.5 Å².